The molecule has 30 heavy (non-hydrogen) atoms. The van der Waals surface area contributed by atoms with Gasteiger partial charge < -0.3 is 24.0 Å². The Bertz CT molecular complexity index is 887. The van der Waals surface area contributed by atoms with E-state index in [-0.39, 0.29) is 6.10 Å². The fraction of sp³-hybridized carbons (Fsp3) is 0.520. The lowest BCUT2D eigenvalue weighted by molar-refractivity contribution is 0.236. The van der Waals surface area contributed by atoms with Crippen LogP contribution in [0.2, 0.25) is 0 Å². The molecule has 5 heteroatoms. The molecular weight excluding hydrogens is 376 g/mol. The summed E-state index contributed by atoms with van der Waals surface area (Å²) in [6, 6.07) is 8.46. The van der Waals surface area contributed by atoms with Crippen LogP contribution in [0.5, 0.6) is 17.2 Å². The molecule has 2 aliphatic heterocycles. The highest BCUT2D eigenvalue weighted by Crippen LogP contribution is 2.48. The summed E-state index contributed by atoms with van der Waals surface area (Å²) in [7, 11) is 0. The zero-order valence-corrected chi connectivity index (χ0v) is 19.0. The summed E-state index contributed by atoms with van der Waals surface area (Å²) in [4.78, 5) is 4.99. The predicted octanol–water partition coefficient (Wildman–Crippen LogP) is 4.75. The maximum absolute atomic E-state index is 6.13. The average Bonchev–Trinajstić information content (AvgIpc) is 3.14. The van der Waals surface area contributed by atoms with Gasteiger partial charge >= 0.3 is 0 Å². The van der Waals surface area contributed by atoms with Crippen LogP contribution in [0.15, 0.2) is 24.3 Å². The second kappa shape index (κ2) is 8.66. The molecule has 0 aromatic heterocycles. The summed E-state index contributed by atoms with van der Waals surface area (Å²) in [5, 5.41) is 0. The summed E-state index contributed by atoms with van der Waals surface area (Å²) < 4.78 is 17.8. The van der Waals surface area contributed by atoms with Gasteiger partial charge in [0.15, 0.2) is 11.5 Å². The first-order chi connectivity index (χ1) is 14.5. The Morgan fingerprint density at radius 1 is 0.900 bits per heavy atom. The molecule has 5 nitrogen and oxygen atoms in total. The van der Waals surface area contributed by atoms with Gasteiger partial charge in [0.05, 0.1) is 13.2 Å². The molecule has 0 spiro atoms. The summed E-state index contributed by atoms with van der Waals surface area (Å²) in [6.45, 7) is 16.0. The zero-order chi connectivity index (χ0) is 21.3. The van der Waals surface area contributed by atoms with E-state index in [9.17, 15) is 0 Å². The topological polar surface area (TPSA) is 34.2 Å². The first-order valence-corrected chi connectivity index (χ1v) is 11.2. The van der Waals surface area contributed by atoms with E-state index in [1.54, 1.807) is 0 Å². The van der Waals surface area contributed by atoms with E-state index in [0.717, 1.165) is 49.8 Å². The van der Waals surface area contributed by atoms with Gasteiger partial charge in [0.25, 0.3) is 0 Å². The van der Waals surface area contributed by atoms with Crippen molar-refractivity contribution in [1.82, 2.24) is 0 Å². The van der Waals surface area contributed by atoms with Crippen LogP contribution < -0.4 is 24.0 Å². The van der Waals surface area contributed by atoms with Crippen molar-refractivity contribution >= 4 is 11.4 Å². The first kappa shape index (κ1) is 20.7. The quantitative estimate of drug-likeness (QED) is 0.686. The SMILES string of the molecule is CCOc1ccc(N2CCN(c3c(C)c4c(c(OCC)c3C)OC(C)C4)CC2)cc1. The van der Waals surface area contributed by atoms with Gasteiger partial charge in [0, 0.05) is 55.1 Å². The van der Waals surface area contributed by atoms with Crippen molar-refractivity contribution in [2.24, 2.45) is 0 Å². The molecule has 4 rings (SSSR count). The lowest BCUT2D eigenvalue weighted by Crippen LogP contribution is -2.47. The van der Waals surface area contributed by atoms with Crippen LogP contribution in [0, 0.1) is 13.8 Å². The third-order valence-electron chi connectivity index (χ3n) is 6.19. The maximum Gasteiger partial charge on any atom is 0.166 e. The first-order valence-electron chi connectivity index (χ1n) is 11.2. The summed E-state index contributed by atoms with van der Waals surface area (Å²) in [5.74, 6) is 2.84. The normalized spacial score (nSPS) is 18.2. The molecule has 1 atom stereocenters. The van der Waals surface area contributed by atoms with E-state index in [2.05, 4.69) is 54.8 Å². The van der Waals surface area contributed by atoms with Gasteiger partial charge in [-0.25, -0.2) is 0 Å². The van der Waals surface area contributed by atoms with E-state index in [1.807, 2.05) is 13.8 Å². The van der Waals surface area contributed by atoms with Gasteiger partial charge in [0.1, 0.15) is 11.9 Å². The predicted molar refractivity (Wildman–Crippen MR) is 123 cm³/mol. The van der Waals surface area contributed by atoms with E-state index < -0.39 is 0 Å². The molecule has 2 aromatic rings. The Morgan fingerprint density at radius 2 is 1.53 bits per heavy atom. The van der Waals surface area contributed by atoms with Crippen LogP contribution in [-0.2, 0) is 6.42 Å². The molecule has 0 N–H and O–H groups in total. The zero-order valence-electron chi connectivity index (χ0n) is 19.0. The Kier molecular flexibility index (Phi) is 5.98. The van der Waals surface area contributed by atoms with Gasteiger partial charge in [-0.2, -0.15) is 0 Å². The number of anilines is 2. The second-order valence-corrected chi connectivity index (χ2v) is 8.20. The van der Waals surface area contributed by atoms with Crippen molar-refractivity contribution < 1.29 is 14.2 Å². The maximum atomic E-state index is 6.13. The minimum atomic E-state index is 0.212. The average molecular weight is 411 g/mol. The van der Waals surface area contributed by atoms with E-state index in [4.69, 9.17) is 14.2 Å². The molecule has 2 aliphatic rings. The van der Waals surface area contributed by atoms with Crippen LogP contribution in [0.4, 0.5) is 11.4 Å². The summed E-state index contributed by atoms with van der Waals surface area (Å²) in [5.41, 5.74) is 6.47. The monoisotopic (exact) mass is 410 g/mol. The number of piperazine rings is 1. The fourth-order valence-corrected chi connectivity index (χ4v) is 4.81. The number of benzene rings is 2. The molecule has 2 heterocycles. The van der Waals surface area contributed by atoms with Crippen molar-refractivity contribution in [3.63, 3.8) is 0 Å². The number of rotatable bonds is 6. The number of hydrogen-bond acceptors (Lipinski definition) is 5. The number of fused-ring (bicyclic) bond motifs is 1. The van der Waals surface area contributed by atoms with E-state index >= 15 is 0 Å². The lowest BCUT2D eigenvalue weighted by atomic mass is 9.96. The summed E-state index contributed by atoms with van der Waals surface area (Å²) >= 11 is 0. The highest BCUT2D eigenvalue weighted by molar-refractivity contribution is 5.73. The van der Waals surface area contributed by atoms with Gasteiger partial charge in [0.2, 0.25) is 0 Å². The molecule has 2 aromatic carbocycles. The lowest BCUT2D eigenvalue weighted by Gasteiger charge is -2.39. The Morgan fingerprint density at radius 3 is 2.17 bits per heavy atom. The van der Waals surface area contributed by atoms with Gasteiger partial charge in [-0.15, -0.1) is 0 Å². The highest BCUT2D eigenvalue weighted by atomic mass is 16.5. The fourth-order valence-electron chi connectivity index (χ4n) is 4.81. The van der Waals surface area contributed by atoms with Crippen molar-refractivity contribution in [2.45, 2.75) is 47.1 Å². The molecule has 0 aliphatic carbocycles. The van der Waals surface area contributed by atoms with Gasteiger partial charge in [-0.1, -0.05) is 0 Å². The molecular formula is C25H34N2O3. The molecule has 0 saturated carbocycles. The number of ether oxygens (including phenoxy) is 3. The third kappa shape index (κ3) is 3.78. The minimum Gasteiger partial charge on any atom is -0.494 e. The van der Waals surface area contributed by atoms with Crippen molar-refractivity contribution in [3.05, 3.63) is 41.0 Å². The van der Waals surface area contributed by atoms with Crippen molar-refractivity contribution in [1.29, 1.82) is 0 Å². The number of nitrogens with zero attached hydrogens (tertiary/aromatic N) is 2. The largest absolute Gasteiger partial charge is 0.494 e. The Hall–Kier alpha value is -2.56. The molecule has 162 valence electrons. The van der Waals surface area contributed by atoms with E-state index in [0.29, 0.717) is 13.2 Å². The second-order valence-electron chi connectivity index (χ2n) is 8.20. The molecule has 0 radical (unpaired) electrons. The Balaban J connectivity index is 1.55. The van der Waals surface area contributed by atoms with Crippen LogP contribution in [0.3, 0.4) is 0 Å². The van der Waals surface area contributed by atoms with E-state index in [1.165, 1.54) is 28.1 Å². The van der Waals surface area contributed by atoms with Crippen molar-refractivity contribution in [2.75, 3.05) is 49.2 Å². The third-order valence-corrected chi connectivity index (χ3v) is 6.19. The minimum absolute atomic E-state index is 0.212. The molecule has 1 fully saturated rings. The van der Waals surface area contributed by atoms with Crippen LogP contribution in [-0.4, -0.2) is 45.5 Å². The standard InChI is InChI=1S/C25H34N2O3/c1-6-28-21-10-8-20(9-11-21)26-12-14-27(15-13-26)23-18(4)22-16-17(3)30-25(22)24(19(23)5)29-7-2/h8-11,17H,6-7,12-16H2,1-5H3. The number of hydrogen-bond donors (Lipinski definition) is 0. The summed E-state index contributed by atoms with van der Waals surface area (Å²) in [6.07, 6.45) is 1.17. The molecule has 0 amide bonds. The van der Waals surface area contributed by atoms with Crippen LogP contribution >= 0.6 is 0 Å². The molecule has 1 saturated heterocycles. The van der Waals surface area contributed by atoms with Crippen molar-refractivity contribution in [3.8, 4) is 17.2 Å². The Labute approximate surface area is 180 Å². The van der Waals surface area contributed by atoms with Crippen LogP contribution in [0.25, 0.3) is 0 Å². The highest BCUT2D eigenvalue weighted by Gasteiger charge is 2.31. The molecule has 1 unspecified atom stereocenters. The van der Waals surface area contributed by atoms with Crippen LogP contribution in [0.1, 0.15) is 37.5 Å². The molecule has 0 bridgehead atoms. The van der Waals surface area contributed by atoms with Gasteiger partial charge in [-0.3, -0.25) is 0 Å². The van der Waals surface area contributed by atoms with Gasteiger partial charge in [-0.05, 0) is 64.4 Å². The smallest absolute Gasteiger partial charge is 0.166 e.